The molecule has 18 nitrogen and oxygen atoms in total. The third-order valence-electron chi connectivity index (χ3n) is 14.9. The van der Waals surface area contributed by atoms with Crippen LogP contribution in [0.4, 0.5) is 0 Å². The third-order valence-corrected chi connectivity index (χ3v) is 14.9. The molecule has 8 saturated heterocycles. The van der Waals surface area contributed by atoms with Crippen molar-refractivity contribution in [2.24, 2.45) is 5.73 Å². The summed E-state index contributed by atoms with van der Waals surface area (Å²) in [7, 11) is 2.94. The maximum Gasteiger partial charge on any atom is 0.255 e. The first kappa shape index (κ1) is 40.0. The molecular formula is C43H52N4O14. The second kappa shape index (κ2) is 14.6. The van der Waals surface area contributed by atoms with Crippen LogP contribution in [0.3, 0.4) is 0 Å². The number of carbonyl (C=O) groups excluding carboxylic acids is 3. The number of fused-ring (bicyclic) bond motifs is 10. The number of methoxy groups -OCH3 is 2. The molecule has 1 amide bonds. The van der Waals surface area contributed by atoms with E-state index in [4.69, 9.17) is 43.6 Å². The number of ketones is 2. The van der Waals surface area contributed by atoms with E-state index in [0.29, 0.717) is 45.9 Å². The van der Waals surface area contributed by atoms with Crippen molar-refractivity contribution in [1.29, 1.82) is 0 Å². The summed E-state index contributed by atoms with van der Waals surface area (Å²) >= 11 is 0. The summed E-state index contributed by atoms with van der Waals surface area (Å²) in [6.07, 6.45) is -3.27. The number of hydrogen-bond donors (Lipinski definition) is 4. The Morgan fingerprint density at radius 1 is 0.902 bits per heavy atom. The lowest BCUT2D eigenvalue weighted by Gasteiger charge is -2.55. The van der Waals surface area contributed by atoms with E-state index in [9.17, 15) is 29.7 Å². The summed E-state index contributed by atoms with van der Waals surface area (Å²) in [6, 6.07) is 3.96. The summed E-state index contributed by atoms with van der Waals surface area (Å²) in [4.78, 5) is 49.8. The van der Waals surface area contributed by atoms with Gasteiger partial charge in [-0.3, -0.25) is 24.2 Å². The van der Waals surface area contributed by atoms with Gasteiger partial charge in [-0.2, -0.15) is 0 Å². The molecule has 0 aromatic heterocycles. The Balaban J connectivity index is 0.941. The molecule has 0 saturated carbocycles. The van der Waals surface area contributed by atoms with Gasteiger partial charge in [0.1, 0.15) is 41.2 Å². The minimum atomic E-state index is -2.15. The van der Waals surface area contributed by atoms with Crippen LogP contribution in [0.15, 0.2) is 18.2 Å². The van der Waals surface area contributed by atoms with Crippen LogP contribution in [0.5, 0.6) is 17.2 Å². The lowest BCUT2D eigenvalue weighted by atomic mass is 9.72. The second-order valence-electron chi connectivity index (χ2n) is 18.1. The predicted octanol–water partition coefficient (Wildman–Crippen LogP) is 0.319. The number of morpholine rings is 1. The number of aliphatic hydroxyl groups is 1. The zero-order valence-electron chi connectivity index (χ0n) is 34.3. The highest BCUT2D eigenvalue weighted by Gasteiger charge is 2.58. The molecule has 12 rings (SSSR count). The van der Waals surface area contributed by atoms with Gasteiger partial charge in [0, 0.05) is 80.8 Å². The number of phenols is 2. The van der Waals surface area contributed by atoms with Crippen molar-refractivity contribution in [3.05, 3.63) is 51.6 Å². The van der Waals surface area contributed by atoms with Crippen molar-refractivity contribution in [1.82, 2.24) is 14.7 Å². The number of phenolic OH excluding ortho intramolecular Hbond substituents is 2. The molecule has 0 radical (unpaired) electrons. The first-order valence-electron chi connectivity index (χ1n) is 21.4. The van der Waals surface area contributed by atoms with Crippen molar-refractivity contribution in [3.8, 4) is 17.2 Å². The maximum absolute atomic E-state index is 15.0. The van der Waals surface area contributed by atoms with E-state index >= 15 is 0 Å². The Hall–Kier alpha value is -3.79. The Kier molecular flexibility index (Phi) is 9.60. The Morgan fingerprint density at radius 2 is 1.69 bits per heavy atom. The van der Waals surface area contributed by atoms with E-state index in [1.807, 2.05) is 6.92 Å². The standard InChI is InChI=1S/C43H52N4O14/c1-18-37-24(45-9-10-56-41(55-3)40(45)61-37)11-28(59-18)60-27-13-43(53,42(52)47-15-19-7-8-20(47)14-46(19)25-17-58-38-23(44)16-57-39(25)38)12-22-30(27)36(51)32-31(34(22)49)33(48)21-5-4-6-26(54-2)29(21)35(32)50/h4-6,18-20,23-25,27-28,37-41,49,51,53H,7-17,44H2,1-3H3/t18-,19?,20-,23-,24-,25-,27-,28-,37+,38+,39+,40+,41-,43-/m0/s1. The van der Waals surface area contributed by atoms with Crippen LogP contribution in [-0.4, -0.2) is 180 Å². The number of piperidine rings is 2. The molecule has 18 heteroatoms. The van der Waals surface area contributed by atoms with Crippen LogP contribution in [0.1, 0.15) is 81.7 Å². The molecular weight excluding hydrogens is 796 g/mol. The van der Waals surface area contributed by atoms with Crippen LogP contribution in [0, 0.1) is 0 Å². The molecule has 5 N–H and O–H groups in total. The first-order chi connectivity index (χ1) is 29.4. The number of ether oxygens (including phenoxy) is 8. The van der Waals surface area contributed by atoms with Crippen LogP contribution >= 0.6 is 0 Å². The minimum absolute atomic E-state index is 0.00153. The largest absolute Gasteiger partial charge is 0.507 e. The fourth-order valence-corrected chi connectivity index (χ4v) is 12.1. The minimum Gasteiger partial charge on any atom is -0.507 e. The average Bonchev–Trinajstić information content (AvgIpc) is 3.98. The summed E-state index contributed by atoms with van der Waals surface area (Å²) < 4.78 is 48.6. The van der Waals surface area contributed by atoms with E-state index in [-0.39, 0.29) is 82.9 Å². The quantitative estimate of drug-likeness (QED) is 0.245. The maximum atomic E-state index is 15.0. The van der Waals surface area contributed by atoms with E-state index in [1.165, 1.54) is 13.2 Å². The molecule has 8 fully saturated rings. The van der Waals surface area contributed by atoms with Crippen LogP contribution in [0.2, 0.25) is 0 Å². The molecule has 0 spiro atoms. The fraction of sp³-hybridized carbons (Fsp3) is 0.651. The zero-order chi connectivity index (χ0) is 42.2. The average molecular weight is 849 g/mol. The number of aromatic hydroxyl groups is 2. The molecule has 2 aromatic carbocycles. The van der Waals surface area contributed by atoms with Gasteiger partial charge < -0.3 is 63.8 Å². The van der Waals surface area contributed by atoms with E-state index in [2.05, 4.69) is 9.80 Å². The van der Waals surface area contributed by atoms with Crippen molar-refractivity contribution in [3.63, 3.8) is 0 Å². The van der Waals surface area contributed by atoms with Crippen molar-refractivity contribution in [2.45, 2.75) is 124 Å². The highest BCUT2D eigenvalue weighted by Crippen LogP contribution is 2.54. The topological polar surface area (TPSA) is 221 Å². The van der Waals surface area contributed by atoms with Gasteiger partial charge in [0.25, 0.3) is 5.91 Å². The number of piperazine rings is 1. The van der Waals surface area contributed by atoms with Gasteiger partial charge in [0.05, 0.1) is 67.9 Å². The number of hydrogen-bond acceptors (Lipinski definition) is 17. The molecule has 14 atom stereocenters. The van der Waals surface area contributed by atoms with Crippen molar-refractivity contribution >= 4 is 17.5 Å². The van der Waals surface area contributed by atoms with Gasteiger partial charge >= 0.3 is 0 Å². The molecule has 8 aliphatic heterocycles. The van der Waals surface area contributed by atoms with Gasteiger partial charge in [-0.05, 0) is 25.8 Å². The third kappa shape index (κ3) is 5.91. The predicted molar refractivity (Wildman–Crippen MR) is 208 cm³/mol. The van der Waals surface area contributed by atoms with E-state index in [1.54, 1.807) is 24.1 Å². The smallest absolute Gasteiger partial charge is 0.255 e. The van der Waals surface area contributed by atoms with Crippen molar-refractivity contribution in [2.75, 3.05) is 53.7 Å². The normalized spacial score (nSPS) is 40.3. The van der Waals surface area contributed by atoms with Gasteiger partial charge in [0.2, 0.25) is 5.78 Å². The molecule has 10 aliphatic rings. The number of carbonyl (C=O) groups is 3. The summed E-state index contributed by atoms with van der Waals surface area (Å²) in [5.41, 5.74) is 3.22. The van der Waals surface area contributed by atoms with Crippen LogP contribution in [0.25, 0.3) is 0 Å². The first-order valence-corrected chi connectivity index (χ1v) is 21.4. The monoisotopic (exact) mass is 848 g/mol. The summed E-state index contributed by atoms with van der Waals surface area (Å²) in [5, 5.41) is 37.2. The van der Waals surface area contributed by atoms with Gasteiger partial charge in [-0.1, -0.05) is 12.1 Å². The molecule has 2 aromatic rings. The highest BCUT2D eigenvalue weighted by molar-refractivity contribution is 6.31. The van der Waals surface area contributed by atoms with Gasteiger partial charge in [-0.25, -0.2) is 0 Å². The molecule has 328 valence electrons. The number of benzene rings is 2. The molecule has 1 unspecified atom stereocenters. The number of nitrogens with zero attached hydrogens (tertiary/aromatic N) is 3. The SMILES string of the molecule is COc1cccc2c1C(=O)c1c(O)c3c(c(O)c1C2=O)C[C@@](O)(C(=O)N1CC2CC[C@H]1CN2[C@H]1CO[C@H]2[C@@H]1OC[C@@H]2N)C[C@@H]3O[C@H]1C[C@H]2[C@H](O[C@@H]3[C@@H](OC)OCCN32)[C@H](C)O1. The highest BCUT2D eigenvalue weighted by atomic mass is 16.7. The Morgan fingerprint density at radius 3 is 2.46 bits per heavy atom. The fourth-order valence-electron chi connectivity index (χ4n) is 12.1. The zero-order valence-corrected chi connectivity index (χ0v) is 34.3. The molecule has 61 heavy (non-hydrogen) atoms. The lowest BCUT2D eigenvalue weighted by molar-refractivity contribution is -0.256. The summed E-state index contributed by atoms with van der Waals surface area (Å²) in [5.74, 6) is -3.01. The van der Waals surface area contributed by atoms with E-state index in [0.717, 1.165) is 12.8 Å². The molecule has 2 bridgehead atoms. The second-order valence-corrected chi connectivity index (χ2v) is 18.1. The summed E-state index contributed by atoms with van der Waals surface area (Å²) in [6.45, 7) is 4.72. The Bertz CT molecular complexity index is 2170. The molecule has 2 aliphatic carbocycles. The van der Waals surface area contributed by atoms with Crippen LogP contribution < -0.4 is 10.5 Å². The number of amides is 1. The van der Waals surface area contributed by atoms with Crippen molar-refractivity contribution < 1.29 is 67.6 Å². The molecule has 8 heterocycles. The van der Waals surface area contributed by atoms with Gasteiger partial charge in [0.15, 0.2) is 24.6 Å². The Labute approximate surface area is 351 Å². The van der Waals surface area contributed by atoms with Crippen LogP contribution in [-0.2, 0) is 44.4 Å². The lowest BCUT2D eigenvalue weighted by Crippen LogP contribution is -2.70. The van der Waals surface area contributed by atoms with Gasteiger partial charge in [-0.15, -0.1) is 0 Å². The number of rotatable bonds is 6. The van der Waals surface area contributed by atoms with E-state index < -0.39 is 83.1 Å². The number of nitrogens with two attached hydrogens (primary N) is 1.